The minimum atomic E-state index is -0.586. The molecule has 2 atom stereocenters. The fraction of sp³-hybridized carbons (Fsp3) is 0.320. The van der Waals surface area contributed by atoms with E-state index in [2.05, 4.69) is 22.8 Å². The van der Waals surface area contributed by atoms with Gasteiger partial charge in [-0.05, 0) is 37.8 Å². The number of carbonyl (C=O) groups is 3. The molecule has 0 aliphatic carbocycles. The van der Waals surface area contributed by atoms with Crippen molar-refractivity contribution in [3.8, 4) is 0 Å². The first kappa shape index (κ1) is 21.6. The van der Waals surface area contributed by atoms with Gasteiger partial charge in [0.1, 0.15) is 13.2 Å². The number of amides is 3. The molecule has 2 aliphatic rings. The fourth-order valence-electron chi connectivity index (χ4n) is 4.05. The highest BCUT2D eigenvalue weighted by atomic mass is 16.5. The molecule has 2 aromatic rings. The first-order chi connectivity index (χ1) is 15.4. The second-order valence-corrected chi connectivity index (χ2v) is 8.31. The van der Waals surface area contributed by atoms with Crippen LogP contribution in [0.3, 0.4) is 0 Å². The summed E-state index contributed by atoms with van der Waals surface area (Å²) in [7, 11) is 0. The molecule has 2 aromatic carbocycles. The van der Waals surface area contributed by atoms with Crippen LogP contribution in [0.5, 0.6) is 0 Å². The third kappa shape index (κ3) is 4.66. The molecule has 0 unspecified atom stereocenters. The largest absolute Gasteiger partial charge is 0.456 e. The van der Waals surface area contributed by atoms with Gasteiger partial charge in [-0.15, -0.1) is 0 Å². The summed E-state index contributed by atoms with van der Waals surface area (Å²) < 4.78 is 5.23. The van der Waals surface area contributed by atoms with Gasteiger partial charge in [-0.3, -0.25) is 9.69 Å². The van der Waals surface area contributed by atoms with Gasteiger partial charge in [-0.1, -0.05) is 60.2 Å². The van der Waals surface area contributed by atoms with Crippen LogP contribution in [0.4, 0.5) is 4.79 Å². The van der Waals surface area contributed by atoms with E-state index in [1.165, 1.54) is 10.5 Å². The molecule has 166 valence electrons. The lowest BCUT2D eigenvalue weighted by molar-refractivity contribution is -0.136. The van der Waals surface area contributed by atoms with Crippen LogP contribution in [0.15, 0.2) is 65.9 Å². The first-order valence-electron chi connectivity index (χ1n) is 10.8. The van der Waals surface area contributed by atoms with Crippen molar-refractivity contribution >= 4 is 17.9 Å². The Morgan fingerprint density at radius 1 is 1.16 bits per heavy atom. The highest BCUT2D eigenvalue weighted by Gasteiger charge is 2.42. The molecule has 0 radical (unpaired) electrons. The Labute approximate surface area is 187 Å². The van der Waals surface area contributed by atoms with E-state index in [-0.39, 0.29) is 25.1 Å². The number of carbonyl (C=O) groups excluding carboxylic acids is 3. The van der Waals surface area contributed by atoms with Gasteiger partial charge in [-0.2, -0.15) is 0 Å². The topological polar surface area (TPSA) is 87.7 Å². The number of cyclic esters (lactones) is 1. The molecule has 3 amide bonds. The van der Waals surface area contributed by atoms with Crippen molar-refractivity contribution < 1.29 is 19.1 Å². The van der Waals surface area contributed by atoms with Crippen molar-refractivity contribution in [2.75, 3.05) is 13.2 Å². The van der Waals surface area contributed by atoms with Gasteiger partial charge in [0.15, 0.2) is 0 Å². The van der Waals surface area contributed by atoms with Gasteiger partial charge >= 0.3 is 12.0 Å². The molecular weight excluding hydrogens is 406 g/mol. The van der Waals surface area contributed by atoms with E-state index in [1.807, 2.05) is 56.3 Å². The fourth-order valence-corrected chi connectivity index (χ4v) is 4.05. The second-order valence-electron chi connectivity index (χ2n) is 8.31. The average Bonchev–Trinajstić information content (AvgIpc) is 3.17. The SMILES string of the molecule is Cc1ccc([C@@H]2NC(=O)N(CC(=O)N[C@H](C)CCc3ccccc3)C3=C2C(=O)OC3)cc1. The zero-order valence-corrected chi connectivity index (χ0v) is 18.3. The number of hydrogen-bond acceptors (Lipinski definition) is 4. The minimum absolute atomic E-state index is 0.0131. The Hall–Kier alpha value is -3.61. The first-order valence-corrected chi connectivity index (χ1v) is 10.8. The molecule has 0 bridgehead atoms. The van der Waals surface area contributed by atoms with Crippen molar-refractivity contribution in [1.82, 2.24) is 15.5 Å². The molecule has 7 heteroatoms. The van der Waals surface area contributed by atoms with Gasteiger partial charge in [0.05, 0.1) is 17.3 Å². The lowest BCUT2D eigenvalue weighted by Gasteiger charge is -2.32. The standard InChI is InChI=1S/C25H27N3O4/c1-16-8-12-19(13-9-16)23-22-20(15-32-24(22)30)28(25(31)27-23)14-21(29)26-17(2)10-11-18-6-4-3-5-7-18/h3-9,12-13,17,23H,10-11,14-15H2,1-2H3,(H,26,29)(H,27,31)/t17-,23+/m1/s1. The summed E-state index contributed by atoms with van der Waals surface area (Å²) in [4.78, 5) is 39.3. The number of esters is 1. The highest BCUT2D eigenvalue weighted by molar-refractivity contribution is 5.98. The van der Waals surface area contributed by atoms with E-state index in [9.17, 15) is 14.4 Å². The van der Waals surface area contributed by atoms with E-state index < -0.39 is 18.0 Å². The molecule has 32 heavy (non-hydrogen) atoms. The van der Waals surface area contributed by atoms with Crippen molar-refractivity contribution in [1.29, 1.82) is 0 Å². The quantitative estimate of drug-likeness (QED) is 0.657. The van der Waals surface area contributed by atoms with Gasteiger partial charge in [0.2, 0.25) is 5.91 Å². The Kier molecular flexibility index (Phi) is 6.25. The van der Waals surface area contributed by atoms with Crippen molar-refractivity contribution in [2.45, 2.75) is 38.8 Å². The van der Waals surface area contributed by atoms with Gasteiger partial charge in [-0.25, -0.2) is 9.59 Å². The van der Waals surface area contributed by atoms with E-state index >= 15 is 0 Å². The van der Waals surface area contributed by atoms with Crippen LogP contribution in [-0.2, 0) is 20.7 Å². The number of urea groups is 1. The summed E-state index contributed by atoms with van der Waals surface area (Å²) in [6.07, 6.45) is 1.63. The van der Waals surface area contributed by atoms with E-state index in [0.29, 0.717) is 11.3 Å². The normalized spacial score (nSPS) is 18.7. The van der Waals surface area contributed by atoms with Crippen molar-refractivity contribution in [3.63, 3.8) is 0 Å². The predicted molar refractivity (Wildman–Crippen MR) is 120 cm³/mol. The maximum atomic E-state index is 12.9. The lowest BCUT2D eigenvalue weighted by Crippen LogP contribution is -2.51. The predicted octanol–water partition coefficient (Wildman–Crippen LogP) is 3.01. The number of rotatable bonds is 7. The maximum absolute atomic E-state index is 12.9. The minimum Gasteiger partial charge on any atom is -0.456 e. The summed E-state index contributed by atoms with van der Waals surface area (Å²) in [6.45, 7) is 3.73. The Balaban J connectivity index is 1.43. The average molecular weight is 434 g/mol. The molecule has 4 rings (SSSR count). The monoisotopic (exact) mass is 433 g/mol. The summed E-state index contributed by atoms with van der Waals surface area (Å²) in [5.74, 6) is -0.743. The van der Waals surface area contributed by atoms with Crippen molar-refractivity contribution in [2.24, 2.45) is 0 Å². The molecule has 2 aliphatic heterocycles. The van der Waals surface area contributed by atoms with Crippen LogP contribution in [0, 0.1) is 6.92 Å². The zero-order valence-electron chi connectivity index (χ0n) is 18.3. The number of benzene rings is 2. The number of nitrogens with zero attached hydrogens (tertiary/aromatic N) is 1. The van der Waals surface area contributed by atoms with E-state index in [4.69, 9.17) is 4.74 Å². The van der Waals surface area contributed by atoms with Crippen LogP contribution in [0.25, 0.3) is 0 Å². The highest BCUT2D eigenvalue weighted by Crippen LogP contribution is 2.34. The van der Waals surface area contributed by atoms with Crippen LogP contribution in [0.1, 0.15) is 36.1 Å². The molecular formula is C25H27N3O4. The zero-order chi connectivity index (χ0) is 22.7. The molecule has 0 spiro atoms. The van der Waals surface area contributed by atoms with Gasteiger partial charge in [0, 0.05) is 6.04 Å². The Bertz CT molecular complexity index is 1050. The van der Waals surface area contributed by atoms with Gasteiger partial charge in [0.25, 0.3) is 0 Å². The third-order valence-electron chi connectivity index (χ3n) is 5.83. The number of nitrogens with one attached hydrogen (secondary N) is 2. The van der Waals surface area contributed by atoms with Crippen LogP contribution in [0.2, 0.25) is 0 Å². The molecule has 0 saturated carbocycles. The Morgan fingerprint density at radius 3 is 2.59 bits per heavy atom. The smallest absolute Gasteiger partial charge is 0.338 e. The summed E-state index contributed by atoms with van der Waals surface area (Å²) in [5.41, 5.74) is 3.94. The number of ether oxygens (including phenoxy) is 1. The van der Waals surface area contributed by atoms with Crippen molar-refractivity contribution in [3.05, 3.63) is 82.6 Å². The number of hydrogen-bond donors (Lipinski definition) is 2. The molecule has 7 nitrogen and oxygen atoms in total. The van der Waals surface area contributed by atoms with Gasteiger partial charge < -0.3 is 15.4 Å². The summed E-state index contributed by atoms with van der Waals surface area (Å²) in [6, 6.07) is 16.6. The molecule has 2 N–H and O–H groups in total. The molecule has 2 heterocycles. The molecule has 0 saturated heterocycles. The molecule has 0 fully saturated rings. The van der Waals surface area contributed by atoms with E-state index in [1.54, 1.807) is 0 Å². The van der Waals surface area contributed by atoms with Crippen LogP contribution in [-0.4, -0.2) is 42.0 Å². The lowest BCUT2D eigenvalue weighted by atomic mass is 9.95. The van der Waals surface area contributed by atoms with Crippen LogP contribution >= 0.6 is 0 Å². The maximum Gasteiger partial charge on any atom is 0.338 e. The summed E-state index contributed by atoms with van der Waals surface area (Å²) >= 11 is 0. The molecule has 0 aromatic heterocycles. The van der Waals surface area contributed by atoms with Crippen LogP contribution < -0.4 is 10.6 Å². The Morgan fingerprint density at radius 2 is 1.88 bits per heavy atom. The van der Waals surface area contributed by atoms with E-state index in [0.717, 1.165) is 24.0 Å². The number of aryl methyl sites for hydroxylation is 2. The summed E-state index contributed by atoms with van der Waals surface area (Å²) in [5, 5.41) is 5.81. The second kappa shape index (κ2) is 9.26. The third-order valence-corrected chi connectivity index (χ3v) is 5.83.